The number of anilines is 1. The third kappa shape index (κ3) is 4.05. The highest BCUT2D eigenvalue weighted by molar-refractivity contribution is 7.93. The summed E-state index contributed by atoms with van der Waals surface area (Å²) in [4.78, 5) is 14.0. The summed E-state index contributed by atoms with van der Waals surface area (Å²) in [7, 11) is -5.48. The average Bonchev–Trinajstić information content (AvgIpc) is 2.58. The van der Waals surface area contributed by atoms with Gasteiger partial charge in [0.2, 0.25) is 0 Å². The fraction of sp³-hybridized carbons (Fsp3) is 0.235. The Kier molecular flexibility index (Phi) is 4.85. The van der Waals surface area contributed by atoms with Crippen LogP contribution in [0.5, 0.6) is 0 Å². The Bertz CT molecular complexity index is 973. The van der Waals surface area contributed by atoms with Crippen LogP contribution in [0.25, 0.3) is 0 Å². The number of nitrogens with one attached hydrogen (secondary N) is 1. The van der Waals surface area contributed by atoms with E-state index in [1.165, 1.54) is 52.1 Å². The number of sulfonamides is 1. The van der Waals surface area contributed by atoms with Crippen molar-refractivity contribution in [3.8, 4) is 0 Å². The summed E-state index contributed by atoms with van der Waals surface area (Å²) in [5, 5.41) is 0. The van der Waals surface area contributed by atoms with E-state index in [2.05, 4.69) is 0 Å². The summed E-state index contributed by atoms with van der Waals surface area (Å²) in [6.07, 6.45) is 0.488. The largest absolute Gasteiger partial charge is 0.516 e. The zero-order valence-electron chi connectivity index (χ0n) is 13.8. The van der Waals surface area contributed by atoms with Crippen LogP contribution in [0.15, 0.2) is 42.5 Å². The zero-order valence-corrected chi connectivity index (χ0v) is 14.6. The molecule has 144 valence electrons. The molecule has 2 aromatic carbocycles. The van der Waals surface area contributed by atoms with Crippen molar-refractivity contribution in [2.24, 2.45) is 0 Å². The van der Waals surface area contributed by atoms with E-state index >= 15 is 0 Å². The highest BCUT2D eigenvalue weighted by atomic mass is 32.2. The van der Waals surface area contributed by atoms with Crippen molar-refractivity contribution in [1.82, 2.24) is 4.90 Å². The van der Waals surface area contributed by atoms with E-state index in [0.717, 1.165) is 0 Å². The average molecular weight is 402 g/mol. The Morgan fingerprint density at radius 2 is 1.74 bits per heavy atom. The van der Waals surface area contributed by atoms with Crippen LogP contribution in [0.1, 0.15) is 21.5 Å². The lowest BCUT2D eigenvalue weighted by Crippen LogP contribution is -2.37. The SMILES string of the molecule is O=C1c2ccc(F)cc2CCN1Cc1ccc(NS(=O)(=O)C(F)(F)F)cc1. The smallest absolute Gasteiger partial charge is 0.334 e. The first kappa shape index (κ1) is 19.2. The van der Waals surface area contributed by atoms with Crippen LogP contribution in [0.3, 0.4) is 0 Å². The van der Waals surface area contributed by atoms with Gasteiger partial charge in [0.1, 0.15) is 5.82 Å². The normalized spacial score (nSPS) is 14.8. The molecule has 0 fully saturated rings. The maximum absolute atomic E-state index is 13.3. The first-order valence-electron chi connectivity index (χ1n) is 7.82. The monoisotopic (exact) mass is 402 g/mol. The molecule has 1 aliphatic rings. The molecule has 0 aliphatic carbocycles. The summed E-state index contributed by atoms with van der Waals surface area (Å²) in [6.45, 7) is 0.569. The van der Waals surface area contributed by atoms with Gasteiger partial charge in [-0.25, -0.2) is 4.39 Å². The summed E-state index contributed by atoms with van der Waals surface area (Å²) in [5.74, 6) is -0.676. The van der Waals surface area contributed by atoms with Gasteiger partial charge in [-0.2, -0.15) is 21.6 Å². The summed E-state index contributed by atoms with van der Waals surface area (Å²) in [6, 6.07) is 9.21. The van der Waals surface area contributed by atoms with Crippen LogP contribution >= 0.6 is 0 Å². The van der Waals surface area contributed by atoms with Gasteiger partial charge in [-0.05, 0) is 47.9 Å². The number of amides is 1. The van der Waals surface area contributed by atoms with E-state index in [0.29, 0.717) is 29.7 Å². The van der Waals surface area contributed by atoms with Gasteiger partial charge in [0.25, 0.3) is 5.91 Å². The predicted molar refractivity (Wildman–Crippen MR) is 89.9 cm³/mol. The van der Waals surface area contributed by atoms with Gasteiger partial charge in [-0.3, -0.25) is 9.52 Å². The van der Waals surface area contributed by atoms with Crippen molar-refractivity contribution in [3.63, 3.8) is 0 Å². The molecule has 5 nitrogen and oxygen atoms in total. The number of hydrogen-bond donors (Lipinski definition) is 1. The van der Waals surface area contributed by atoms with E-state index in [1.807, 2.05) is 0 Å². The predicted octanol–water partition coefficient (Wildman–Crippen LogP) is 3.29. The Hall–Kier alpha value is -2.62. The Labute approximate surface area is 152 Å². The molecule has 1 N–H and O–H groups in total. The molecule has 1 aliphatic heterocycles. The Balaban J connectivity index is 1.71. The molecule has 0 unspecified atom stereocenters. The second-order valence-electron chi connectivity index (χ2n) is 6.03. The molecule has 0 saturated carbocycles. The maximum atomic E-state index is 13.3. The number of halogens is 4. The number of carbonyl (C=O) groups is 1. The molecule has 1 amide bonds. The fourth-order valence-electron chi connectivity index (χ4n) is 2.77. The maximum Gasteiger partial charge on any atom is 0.516 e. The van der Waals surface area contributed by atoms with Crippen molar-refractivity contribution < 1.29 is 30.8 Å². The zero-order chi connectivity index (χ0) is 19.8. The molecule has 27 heavy (non-hydrogen) atoms. The number of nitrogens with zero attached hydrogens (tertiary/aromatic N) is 1. The Morgan fingerprint density at radius 3 is 2.37 bits per heavy atom. The third-order valence-electron chi connectivity index (χ3n) is 4.12. The van der Waals surface area contributed by atoms with Crippen LogP contribution < -0.4 is 4.72 Å². The molecule has 0 saturated heterocycles. The number of carbonyl (C=O) groups excluding carboxylic acids is 1. The van der Waals surface area contributed by atoms with Gasteiger partial charge in [0.05, 0.1) is 0 Å². The lowest BCUT2D eigenvalue weighted by atomic mass is 9.98. The van der Waals surface area contributed by atoms with Gasteiger partial charge < -0.3 is 4.90 Å². The topological polar surface area (TPSA) is 66.5 Å². The van der Waals surface area contributed by atoms with Gasteiger partial charge in [-0.15, -0.1) is 0 Å². The minimum atomic E-state index is -5.48. The first-order valence-corrected chi connectivity index (χ1v) is 9.31. The summed E-state index contributed by atoms with van der Waals surface area (Å²) >= 11 is 0. The van der Waals surface area contributed by atoms with Gasteiger partial charge in [0, 0.05) is 24.3 Å². The van der Waals surface area contributed by atoms with Crippen molar-refractivity contribution in [2.45, 2.75) is 18.5 Å². The Morgan fingerprint density at radius 1 is 1.07 bits per heavy atom. The summed E-state index contributed by atoms with van der Waals surface area (Å²) in [5.41, 5.74) is -3.98. The number of fused-ring (bicyclic) bond motifs is 1. The molecule has 0 atom stereocenters. The number of alkyl halides is 3. The van der Waals surface area contributed by atoms with Crippen LogP contribution in [-0.2, 0) is 23.0 Å². The molecule has 2 aromatic rings. The molecule has 0 spiro atoms. The van der Waals surface area contributed by atoms with E-state index in [4.69, 9.17) is 0 Å². The molecule has 0 bridgehead atoms. The van der Waals surface area contributed by atoms with E-state index in [9.17, 15) is 30.8 Å². The van der Waals surface area contributed by atoms with Crippen LogP contribution in [0.4, 0.5) is 23.2 Å². The molecule has 3 rings (SSSR count). The number of benzene rings is 2. The fourth-order valence-corrected chi connectivity index (χ4v) is 3.33. The van der Waals surface area contributed by atoms with Gasteiger partial charge in [0.15, 0.2) is 0 Å². The number of rotatable bonds is 4. The highest BCUT2D eigenvalue weighted by Gasteiger charge is 2.46. The molecule has 0 radical (unpaired) electrons. The van der Waals surface area contributed by atoms with Crippen LogP contribution in [-0.4, -0.2) is 31.3 Å². The lowest BCUT2D eigenvalue weighted by molar-refractivity contribution is -0.0429. The molecule has 1 heterocycles. The van der Waals surface area contributed by atoms with Crippen molar-refractivity contribution in [1.29, 1.82) is 0 Å². The first-order chi connectivity index (χ1) is 12.6. The third-order valence-corrected chi connectivity index (χ3v) is 5.23. The lowest BCUT2D eigenvalue weighted by Gasteiger charge is -2.28. The minimum absolute atomic E-state index is 0.196. The van der Waals surface area contributed by atoms with Crippen molar-refractivity contribution in [3.05, 3.63) is 65.0 Å². The number of hydrogen-bond acceptors (Lipinski definition) is 3. The van der Waals surface area contributed by atoms with E-state index in [-0.39, 0.29) is 18.1 Å². The molecule has 0 aromatic heterocycles. The summed E-state index contributed by atoms with van der Waals surface area (Å²) < 4.78 is 74.0. The van der Waals surface area contributed by atoms with E-state index < -0.39 is 21.3 Å². The standard InChI is InChI=1S/C17H14F4N2O3S/c18-13-3-6-15-12(9-13)7-8-23(16(15)24)10-11-1-4-14(5-2-11)22-27(25,26)17(19,20)21/h1-6,9,22H,7-8,10H2. The van der Waals surface area contributed by atoms with Crippen molar-refractivity contribution in [2.75, 3.05) is 11.3 Å². The quantitative estimate of drug-likeness (QED) is 0.799. The van der Waals surface area contributed by atoms with Gasteiger partial charge >= 0.3 is 15.5 Å². The second kappa shape index (κ2) is 6.84. The highest BCUT2D eigenvalue weighted by Crippen LogP contribution is 2.26. The molecule has 10 heteroatoms. The van der Waals surface area contributed by atoms with E-state index in [1.54, 1.807) is 0 Å². The van der Waals surface area contributed by atoms with Crippen molar-refractivity contribution >= 4 is 21.6 Å². The molecular formula is C17H14F4N2O3S. The van der Waals surface area contributed by atoms with Crippen LogP contribution in [0, 0.1) is 5.82 Å². The van der Waals surface area contributed by atoms with Gasteiger partial charge in [-0.1, -0.05) is 12.1 Å². The molecular weight excluding hydrogens is 388 g/mol. The van der Waals surface area contributed by atoms with Crippen LogP contribution in [0.2, 0.25) is 0 Å². The minimum Gasteiger partial charge on any atom is -0.334 e. The second-order valence-corrected chi connectivity index (χ2v) is 7.70.